The zero-order valence-corrected chi connectivity index (χ0v) is 6.62. The van der Waals surface area contributed by atoms with E-state index in [0.717, 1.165) is 0 Å². The first-order valence-electron chi connectivity index (χ1n) is 3.15. The number of hydrogen-bond acceptors (Lipinski definition) is 0. The molecule has 0 spiro atoms. The van der Waals surface area contributed by atoms with E-state index in [-0.39, 0.29) is 0 Å². The summed E-state index contributed by atoms with van der Waals surface area (Å²) in [5.74, 6) is 2.20. The first kappa shape index (κ1) is 8.17. The van der Waals surface area contributed by atoms with Crippen LogP contribution in [0.3, 0.4) is 0 Å². The Balaban J connectivity index is 2.80. The molecule has 0 unspecified atom stereocenters. The third kappa shape index (κ3) is 6.17. The van der Waals surface area contributed by atoms with Crippen LogP contribution in [0.1, 0.15) is 26.2 Å². The zero-order valence-electron chi connectivity index (χ0n) is 5.72. The van der Waals surface area contributed by atoms with E-state index < -0.39 is 0 Å². The topological polar surface area (TPSA) is 0 Å². The van der Waals surface area contributed by atoms with E-state index >= 15 is 0 Å². The van der Waals surface area contributed by atoms with E-state index in [1.807, 2.05) is 0 Å². The van der Waals surface area contributed by atoms with Gasteiger partial charge in [-0.1, -0.05) is 40.2 Å². The highest BCUT2D eigenvalue weighted by atomic mass is 31.1. The maximum Gasteiger partial charge on any atom is -0.0347 e. The van der Waals surface area contributed by atoms with Crippen molar-refractivity contribution in [2.45, 2.75) is 26.2 Å². The van der Waals surface area contributed by atoms with Crippen molar-refractivity contribution in [1.82, 2.24) is 0 Å². The third-order valence-electron chi connectivity index (χ3n) is 0.979. The number of hydrogen-bond donors (Lipinski definition) is 0. The molecule has 0 aliphatic heterocycles. The summed E-state index contributed by atoms with van der Waals surface area (Å²) >= 11 is 0. The van der Waals surface area contributed by atoms with Gasteiger partial charge < -0.3 is 0 Å². The summed E-state index contributed by atoms with van der Waals surface area (Å²) in [4.78, 5) is 0. The van der Waals surface area contributed by atoms with Gasteiger partial charge in [0, 0.05) is 0 Å². The van der Waals surface area contributed by atoms with Crippen LogP contribution >= 0.6 is 8.58 Å². The molecule has 8 heavy (non-hydrogen) atoms. The van der Waals surface area contributed by atoms with Gasteiger partial charge in [-0.15, -0.1) is 0 Å². The van der Waals surface area contributed by atoms with Crippen LogP contribution in [0.25, 0.3) is 0 Å². The summed E-state index contributed by atoms with van der Waals surface area (Å²) in [5.41, 5.74) is 0. The Morgan fingerprint density at radius 3 is 2.75 bits per heavy atom. The molecule has 0 aromatic carbocycles. The molecule has 0 aromatic rings. The molecule has 0 saturated carbocycles. The molecule has 0 bridgehead atoms. The Hall–Kier alpha value is 0.170. The van der Waals surface area contributed by atoms with Crippen molar-refractivity contribution in [2.24, 2.45) is 0 Å². The predicted octanol–water partition coefficient (Wildman–Crippen LogP) is 3.27. The van der Waals surface area contributed by atoms with Gasteiger partial charge in [-0.05, 0) is 13.1 Å². The molecule has 0 saturated heterocycles. The minimum atomic E-state index is 1.26. The van der Waals surface area contributed by atoms with Crippen LogP contribution in [-0.4, -0.2) is 6.66 Å². The lowest BCUT2D eigenvalue weighted by Crippen LogP contribution is -1.63. The second-order valence-corrected chi connectivity index (χ2v) is 2.60. The Kier molecular flexibility index (Phi) is 7.32. The molecule has 0 atom stereocenters. The SMILES string of the molecule is CCCC/C=C/[P]C. The fraction of sp³-hybridized carbons (Fsp3) is 0.714. The van der Waals surface area contributed by atoms with E-state index in [0.29, 0.717) is 0 Å². The largest absolute Gasteiger partial charge is 0.0837 e. The van der Waals surface area contributed by atoms with E-state index in [1.165, 1.54) is 27.8 Å². The minimum absolute atomic E-state index is 1.26. The Morgan fingerprint density at radius 2 is 2.25 bits per heavy atom. The van der Waals surface area contributed by atoms with Gasteiger partial charge in [0.05, 0.1) is 0 Å². The molecular weight excluding hydrogens is 115 g/mol. The molecule has 0 rings (SSSR count). The lowest BCUT2D eigenvalue weighted by Gasteiger charge is -1.85. The molecule has 0 aliphatic rings. The molecule has 0 heterocycles. The molecule has 1 radical (unpaired) electrons. The first-order chi connectivity index (χ1) is 3.91. The van der Waals surface area contributed by atoms with E-state index in [9.17, 15) is 0 Å². The van der Waals surface area contributed by atoms with Gasteiger partial charge >= 0.3 is 0 Å². The van der Waals surface area contributed by atoms with E-state index in [1.54, 1.807) is 0 Å². The smallest absolute Gasteiger partial charge is 0.0347 e. The zero-order chi connectivity index (χ0) is 6.24. The molecule has 0 nitrogen and oxygen atoms in total. The highest BCUT2D eigenvalue weighted by Crippen LogP contribution is 2.05. The average molecular weight is 129 g/mol. The van der Waals surface area contributed by atoms with Gasteiger partial charge in [0.2, 0.25) is 0 Å². The summed E-state index contributed by atoms with van der Waals surface area (Å²) in [6.07, 6.45) is 6.17. The van der Waals surface area contributed by atoms with Crippen molar-refractivity contribution < 1.29 is 0 Å². The molecule has 0 aromatic heterocycles. The minimum Gasteiger partial charge on any atom is -0.0837 e. The van der Waals surface area contributed by atoms with Crippen molar-refractivity contribution in [3.63, 3.8) is 0 Å². The van der Waals surface area contributed by atoms with Gasteiger partial charge in [0.25, 0.3) is 0 Å². The predicted molar refractivity (Wildman–Crippen MR) is 41.5 cm³/mol. The van der Waals surface area contributed by atoms with Crippen molar-refractivity contribution in [2.75, 3.05) is 6.66 Å². The highest BCUT2D eigenvalue weighted by molar-refractivity contribution is 7.40. The van der Waals surface area contributed by atoms with Crippen LogP contribution in [0.5, 0.6) is 0 Å². The lowest BCUT2D eigenvalue weighted by molar-refractivity contribution is 0.815. The summed E-state index contributed by atoms with van der Waals surface area (Å²) in [6.45, 7) is 4.36. The van der Waals surface area contributed by atoms with Crippen LogP contribution in [0.4, 0.5) is 0 Å². The van der Waals surface area contributed by atoms with Crippen LogP contribution < -0.4 is 0 Å². The number of allylic oxidation sites excluding steroid dienone is 1. The van der Waals surface area contributed by atoms with Gasteiger partial charge in [-0.25, -0.2) is 0 Å². The highest BCUT2D eigenvalue weighted by Gasteiger charge is 1.74. The summed E-state index contributed by atoms with van der Waals surface area (Å²) in [5, 5.41) is 0. The normalized spacial score (nSPS) is 12.2. The van der Waals surface area contributed by atoms with Crippen LogP contribution in [0, 0.1) is 0 Å². The number of rotatable bonds is 4. The fourth-order valence-electron chi connectivity index (χ4n) is 0.502. The van der Waals surface area contributed by atoms with Crippen LogP contribution in [-0.2, 0) is 0 Å². The first-order valence-corrected chi connectivity index (χ1v) is 4.56. The standard InChI is InChI=1S/C7H14P/c1-3-4-5-6-7-8-2/h6-7H,3-5H2,1-2H3/b7-6+. The maximum atomic E-state index is 2.26. The molecule has 47 valence electrons. The lowest BCUT2D eigenvalue weighted by atomic mass is 10.2. The van der Waals surface area contributed by atoms with E-state index in [2.05, 4.69) is 25.5 Å². The van der Waals surface area contributed by atoms with Gasteiger partial charge in [-0.2, -0.15) is 0 Å². The Bertz CT molecular complexity index is 57.4. The third-order valence-corrected chi connectivity index (χ3v) is 1.49. The quantitative estimate of drug-likeness (QED) is 0.403. The van der Waals surface area contributed by atoms with Gasteiger partial charge in [0.1, 0.15) is 0 Å². The molecule has 0 fully saturated rings. The van der Waals surface area contributed by atoms with Crippen molar-refractivity contribution in [1.29, 1.82) is 0 Å². The summed E-state index contributed by atoms with van der Waals surface area (Å²) < 4.78 is 0. The van der Waals surface area contributed by atoms with Gasteiger partial charge in [0.15, 0.2) is 0 Å². The summed E-state index contributed by atoms with van der Waals surface area (Å²) in [7, 11) is 1.38. The van der Waals surface area contributed by atoms with E-state index in [4.69, 9.17) is 0 Å². The molecule has 0 N–H and O–H groups in total. The van der Waals surface area contributed by atoms with Crippen molar-refractivity contribution >= 4 is 8.58 Å². The second-order valence-electron chi connectivity index (χ2n) is 1.79. The van der Waals surface area contributed by atoms with Crippen molar-refractivity contribution in [3.05, 3.63) is 11.9 Å². The van der Waals surface area contributed by atoms with Crippen LogP contribution in [0.15, 0.2) is 11.9 Å². The number of unbranched alkanes of at least 4 members (excludes halogenated alkanes) is 2. The Morgan fingerprint density at radius 1 is 1.50 bits per heavy atom. The summed E-state index contributed by atoms with van der Waals surface area (Å²) in [6, 6.07) is 0. The fourth-order valence-corrected chi connectivity index (χ4v) is 0.862. The second kappa shape index (κ2) is 7.17. The van der Waals surface area contributed by atoms with Crippen LogP contribution in [0.2, 0.25) is 0 Å². The monoisotopic (exact) mass is 129 g/mol. The molecular formula is C7H14P. The maximum absolute atomic E-state index is 2.26. The van der Waals surface area contributed by atoms with Gasteiger partial charge in [-0.3, -0.25) is 0 Å². The molecule has 1 heteroatoms. The Labute approximate surface area is 54.2 Å². The molecule has 0 amide bonds. The van der Waals surface area contributed by atoms with Crippen molar-refractivity contribution in [3.8, 4) is 0 Å². The molecule has 0 aliphatic carbocycles. The average Bonchev–Trinajstić information content (AvgIpc) is 1.81.